The predicted octanol–water partition coefficient (Wildman–Crippen LogP) is 1.22. The highest BCUT2D eigenvalue weighted by Crippen LogP contribution is 2.25. The fraction of sp³-hybridized carbons (Fsp3) is 0.364. The summed E-state index contributed by atoms with van der Waals surface area (Å²) in [6.45, 7) is 3.06. The molecule has 0 saturated heterocycles. The second-order valence-electron chi connectivity index (χ2n) is 3.59. The maximum absolute atomic E-state index is 5.49. The zero-order valence-corrected chi connectivity index (χ0v) is 9.03. The normalized spacial score (nSPS) is 10.9. The third-order valence-electron chi connectivity index (χ3n) is 2.33. The summed E-state index contributed by atoms with van der Waals surface area (Å²) in [4.78, 5) is 0. The van der Waals surface area contributed by atoms with Gasteiger partial charge in [-0.25, -0.2) is 0 Å². The molecule has 2 aromatic rings. The number of aryl methyl sites for hydroxylation is 2. The summed E-state index contributed by atoms with van der Waals surface area (Å²) in [7, 11) is 1.91. The molecule has 0 fully saturated rings. The van der Waals surface area contributed by atoms with E-state index in [0.29, 0.717) is 19.0 Å². The van der Waals surface area contributed by atoms with Crippen LogP contribution in [0.15, 0.2) is 18.2 Å². The molecule has 2 rings (SSSR count). The van der Waals surface area contributed by atoms with Gasteiger partial charge in [0.1, 0.15) is 6.61 Å². The van der Waals surface area contributed by atoms with Crippen LogP contribution in [0, 0.1) is 6.92 Å². The molecule has 4 nitrogen and oxygen atoms in total. The van der Waals surface area contributed by atoms with Gasteiger partial charge in [0, 0.05) is 13.6 Å². The van der Waals surface area contributed by atoms with E-state index in [-0.39, 0.29) is 0 Å². The Morgan fingerprint density at radius 1 is 1.47 bits per heavy atom. The number of hydrogen-bond acceptors (Lipinski definition) is 3. The topological polar surface area (TPSA) is 53.1 Å². The first-order valence-electron chi connectivity index (χ1n) is 4.98. The van der Waals surface area contributed by atoms with Crippen molar-refractivity contribution in [2.75, 3.05) is 13.2 Å². The van der Waals surface area contributed by atoms with E-state index in [2.05, 4.69) is 24.2 Å². The van der Waals surface area contributed by atoms with Crippen molar-refractivity contribution in [3.63, 3.8) is 0 Å². The molecule has 0 saturated carbocycles. The quantitative estimate of drug-likeness (QED) is 0.819. The lowest BCUT2D eigenvalue weighted by Crippen LogP contribution is -2.11. The van der Waals surface area contributed by atoms with Crippen LogP contribution in [0.2, 0.25) is 0 Å². The highest BCUT2D eigenvalue weighted by Gasteiger charge is 2.08. The van der Waals surface area contributed by atoms with Crippen LogP contribution in [0.25, 0.3) is 10.9 Å². The van der Waals surface area contributed by atoms with E-state index < -0.39 is 0 Å². The molecule has 15 heavy (non-hydrogen) atoms. The van der Waals surface area contributed by atoms with Crippen LogP contribution in [0.3, 0.4) is 0 Å². The molecule has 1 aromatic carbocycles. The van der Waals surface area contributed by atoms with Gasteiger partial charge in [0.15, 0.2) is 0 Å². The number of rotatable bonds is 3. The van der Waals surface area contributed by atoms with Crippen molar-refractivity contribution < 1.29 is 4.74 Å². The lowest BCUT2D eigenvalue weighted by molar-refractivity contribution is 0.315. The Labute approximate surface area is 88.6 Å². The highest BCUT2D eigenvalue weighted by molar-refractivity contribution is 5.85. The zero-order chi connectivity index (χ0) is 10.8. The molecule has 1 heterocycles. The molecule has 0 unspecified atom stereocenters. The monoisotopic (exact) mass is 205 g/mol. The summed E-state index contributed by atoms with van der Waals surface area (Å²) in [6.07, 6.45) is 0. The van der Waals surface area contributed by atoms with E-state index in [4.69, 9.17) is 10.5 Å². The van der Waals surface area contributed by atoms with E-state index in [1.54, 1.807) is 0 Å². The van der Waals surface area contributed by atoms with E-state index >= 15 is 0 Å². The first kappa shape index (κ1) is 9.98. The van der Waals surface area contributed by atoms with Gasteiger partial charge >= 0.3 is 0 Å². The molecular weight excluding hydrogens is 190 g/mol. The van der Waals surface area contributed by atoms with Gasteiger partial charge < -0.3 is 10.5 Å². The van der Waals surface area contributed by atoms with E-state index in [1.807, 2.05) is 17.8 Å². The summed E-state index contributed by atoms with van der Waals surface area (Å²) in [5, 5.41) is 5.35. The summed E-state index contributed by atoms with van der Waals surface area (Å²) in [6, 6.07) is 6.19. The molecule has 0 amide bonds. The number of nitrogens with two attached hydrogens (primary N) is 1. The Morgan fingerprint density at radius 3 is 3.00 bits per heavy atom. The summed E-state index contributed by atoms with van der Waals surface area (Å²) in [5.74, 6) is 0.668. The minimum Gasteiger partial charge on any atom is -0.475 e. The van der Waals surface area contributed by atoms with Crippen LogP contribution in [0.4, 0.5) is 0 Å². The number of benzene rings is 1. The maximum Gasteiger partial charge on any atom is 0.240 e. The molecule has 0 aliphatic carbocycles. The van der Waals surface area contributed by atoms with Crippen LogP contribution >= 0.6 is 0 Å². The lowest BCUT2D eigenvalue weighted by atomic mass is 10.2. The zero-order valence-electron chi connectivity index (χ0n) is 9.03. The molecule has 0 radical (unpaired) electrons. The standard InChI is InChI=1S/C11H15N3O/c1-8-3-4-10-9(7-8)11(13-14(10)2)15-6-5-12/h3-4,7H,5-6,12H2,1-2H3. The van der Waals surface area contributed by atoms with Crippen LogP contribution in [-0.2, 0) is 7.05 Å². The Morgan fingerprint density at radius 2 is 2.27 bits per heavy atom. The minimum absolute atomic E-state index is 0.500. The predicted molar refractivity (Wildman–Crippen MR) is 60.0 cm³/mol. The number of ether oxygens (including phenoxy) is 1. The van der Waals surface area contributed by atoms with Gasteiger partial charge in [-0.2, -0.15) is 0 Å². The third-order valence-corrected chi connectivity index (χ3v) is 2.33. The summed E-state index contributed by atoms with van der Waals surface area (Å²) >= 11 is 0. The summed E-state index contributed by atoms with van der Waals surface area (Å²) < 4.78 is 7.31. The van der Waals surface area contributed by atoms with Crippen molar-refractivity contribution in [2.24, 2.45) is 12.8 Å². The fourth-order valence-corrected chi connectivity index (χ4v) is 1.61. The van der Waals surface area contributed by atoms with Crippen molar-refractivity contribution in [1.29, 1.82) is 0 Å². The molecule has 0 aliphatic heterocycles. The Hall–Kier alpha value is -1.55. The number of aromatic nitrogens is 2. The molecule has 80 valence electrons. The van der Waals surface area contributed by atoms with Crippen LogP contribution in [-0.4, -0.2) is 22.9 Å². The first-order chi connectivity index (χ1) is 7.22. The van der Waals surface area contributed by atoms with Gasteiger partial charge in [-0.1, -0.05) is 11.6 Å². The molecule has 0 aliphatic rings. The molecule has 0 spiro atoms. The molecule has 4 heteroatoms. The minimum atomic E-state index is 0.500. The van der Waals surface area contributed by atoms with Crippen LogP contribution in [0.5, 0.6) is 5.88 Å². The fourth-order valence-electron chi connectivity index (χ4n) is 1.61. The van der Waals surface area contributed by atoms with Gasteiger partial charge in [-0.3, -0.25) is 4.68 Å². The SMILES string of the molecule is Cc1ccc2c(c1)c(OCCN)nn2C. The second-order valence-corrected chi connectivity index (χ2v) is 3.59. The van der Waals surface area contributed by atoms with E-state index in [0.717, 1.165) is 10.9 Å². The third kappa shape index (κ3) is 1.80. The lowest BCUT2D eigenvalue weighted by Gasteiger charge is -2.00. The summed E-state index contributed by atoms with van der Waals surface area (Å²) in [5.41, 5.74) is 7.68. The van der Waals surface area contributed by atoms with Gasteiger partial charge in [-0.15, -0.1) is 5.10 Å². The second kappa shape index (κ2) is 3.90. The largest absolute Gasteiger partial charge is 0.475 e. The van der Waals surface area contributed by atoms with Crippen molar-refractivity contribution in [3.05, 3.63) is 23.8 Å². The van der Waals surface area contributed by atoms with Gasteiger partial charge in [0.25, 0.3) is 0 Å². The van der Waals surface area contributed by atoms with E-state index in [1.165, 1.54) is 5.56 Å². The molecular formula is C11H15N3O. The van der Waals surface area contributed by atoms with Crippen LogP contribution in [0.1, 0.15) is 5.56 Å². The van der Waals surface area contributed by atoms with Crippen molar-refractivity contribution in [2.45, 2.75) is 6.92 Å². The molecule has 0 bridgehead atoms. The average molecular weight is 205 g/mol. The first-order valence-corrected chi connectivity index (χ1v) is 4.98. The smallest absolute Gasteiger partial charge is 0.240 e. The van der Waals surface area contributed by atoms with Crippen molar-refractivity contribution >= 4 is 10.9 Å². The molecule has 0 atom stereocenters. The Balaban J connectivity index is 2.49. The van der Waals surface area contributed by atoms with Gasteiger partial charge in [0.2, 0.25) is 5.88 Å². The Kier molecular flexibility index (Phi) is 2.60. The number of fused-ring (bicyclic) bond motifs is 1. The Bertz CT molecular complexity index is 476. The van der Waals surface area contributed by atoms with Gasteiger partial charge in [0.05, 0.1) is 10.9 Å². The van der Waals surface area contributed by atoms with E-state index in [9.17, 15) is 0 Å². The molecule has 2 N–H and O–H groups in total. The molecule has 1 aromatic heterocycles. The van der Waals surface area contributed by atoms with Crippen molar-refractivity contribution in [1.82, 2.24) is 9.78 Å². The van der Waals surface area contributed by atoms with Gasteiger partial charge in [-0.05, 0) is 19.1 Å². The highest BCUT2D eigenvalue weighted by atomic mass is 16.5. The van der Waals surface area contributed by atoms with Crippen LogP contribution < -0.4 is 10.5 Å². The average Bonchev–Trinajstić information content (AvgIpc) is 2.52. The maximum atomic E-state index is 5.49. The van der Waals surface area contributed by atoms with Crippen molar-refractivity contribution in [3.8, 4) is 5.88 Å². The number of hydrogen-bond donors (Lipinski definition) is 1. The number of nitrogens with zero attached hydrogens (tertiary/aromatic N) is 2.